The third kappa shape index (κ3) is 4.74. The van der Waals surface area contributed by atoms with E-state index < -0.39 is 0 Å². The molecule has 0 saturated carbocycles. The largest absolute Gasteiger partial charge is 0.376 e. The number of carbonyl (C=O) groups is 2. The lowest BCUT2D eigenvalue weighted by atomic mass is 10.1. The molecule has 0 atom stereocenters. The van der Waals surface area contributed by atoms with E-state index >= 15 is 0 Å². The monoisotopic (exact) mass is 296 g/mol. The van der Waals surface area contributed by atoms with Gasteiger partial charge in [0.15, 0.2) is 5.78 Å². The summed E-state index contributed by atoms with van der Waals surface area (Å²) in [7, 11) is 0. The molecule has 0 aliphatic rings. The molecule has 0 radical (unpaired) electrons. The van der Waals surface area contributed by atoms with Gasteiger partial charge in [0.2, 0.25) is 5.91 Å². The average Bonchev–Trinajstić information content (AvgIpc) is 2.52. The van der Waals surface area contributed by atoms with Crippen molar-refractivity contribution in [1.82, 2.24) is 5.32 Å². The number of anilines is 1. The van der Waals surface area contributed by atoms with Crippen molar-refractivity contribution in [2.45, 2.75) is 20.4 Å². The molecular formula is C18H20N2O2. The van der Waals surface area contributed by atoms with Crippen LogP contribution >= 0.6 is 0 Å². The second kappa shape index (κ2) is 7.41. The summed E-state index contributed by atoms with van der Waals surface area (Å²) in [5.41, 5.74) is 3.75. The normalized spacial score (nSPS) is 10.1. The molecule has 22 heavy (non-hydrogen) atoms. The maximum Gasteiger partial charge on any atom is 0.239 e. The van der Waals surface area contributed by atoms with Gasteiger partial charge in [-0.2, -0.15) is 0 Å². The van der Waals surface area contributed by atoms with E-state index in [1.54, 1.807) is 24.3 Å². The van der Waals surface area contributed by atoms with Crippen LogP contribution in [0.5, 0.6) is 0 Å². The quantitative estimate of drug-likeness (QED) is 0.806. The van der Waals surface area contributed by atoms with Gasteiger partial charge >= 0.3 is 0 Å². The first-order valence-electron chi connectivity index (χ1n) is 7.22. The predicted octanol–water partition coefficient (Wildman–Crippen LogP) is 2.93. The van der Waals surface area contributed by atoms with Gasteiger partial charge in [0.05, 0.1) is 6.54 Å². The zero-order valence-corrected chi connectivity index (χ0v) is 12.8. The molecule has 2 N–H and O–H groups in total. The lowest BCUT2D eigenvalue weighted by molar-refractivity contribution is -0.119. The molecule has 2 rings (SSSR count). The van der Waals surface area contributed by atoms with Crippen LogP contribution in [0.3, 0.4) is 0 Å². The second-order valence-electron chi connectivity index (χ2n) is 5.25. The van der Waals surface area contributed by atoms with Crippen LogP contribution in [0.2, 0.25) is 0 Å². The maximum absolute atomic E-state index is 11.8. The van der Waals surface area contributed by atoms with E-state index in [2.05, 4.69) is 10.6 Å². The minimum absolute atomic E-state index is 0.0300. The third-order valence-electron chi connectivity index (χ3n) is 3.35. The van der Waals surface area contributed by atoms with Crippen molar-refractivity contribution in [2.24, 2.45) is 0 Å². The zero-order chi connectivity index (χ0) is 15.9. The highest BCUT2D eigenvalue weighted by Gasteiger charge is 2.02. The molecule has 2 aromatic rings. The van der Waals surface area contributed by atoms with Crippen LogP contribution in [-0.2, 0) is 11.3 Å². The van der Waals surface area contributed by atoms with Crippen molar-refractivity contribution in [3.05, 3.63) is 65.2 Å². The van der Waals surface area contributed by atoms with Gasteiger partial charge in [-0.15, -0.1) is 0 Å². The Kier molecular flexibility index (Phi) is 5.31. The molecule has 1 amide bonds. The lowest BCUT2D eigenvalue weighted by Crippen LogP contribution is -2.29. The summed E-state index contributed by atoms with van der Waals surface area (Å²) in [6.07, 6.45) is 0. The summed E-state index contributed by atoms with van der Waals surface area (Å²) in [6.45, 7) is 4.28. The van der Waals surface area contributed by atoms with Crippen molar-refractivity contribution in [3.8, 4) is 0 Å². The van der Waals surface area contributed by atoms with E-state index in [4.69, 9.17) is 0 Å². The van der Waals surface area contributed by atoms with E-state index in [1.807, 2.05) is 31.2 Å². The Hall–Kier alpha value is -2.62. The minimum atomic E-state index is -0.0729. The van der Waals surface area contributed by atoms with Gasteiger partial charge < -0.3 is 10.6 Å². The van der Waals surface area contributed by atoms with Crippen molar-refractivity contribution >= 4 is 17.4 Å². The highest BCUT2D eigenvalue weighted by atomic mass is 16.1. The Balaban J connectivity index is 1.77. The first kappa shape index (κ1) is 15.8. The van der Waals surface area contributed by atoms with Crippen LogP contribution in [0.1, 0.15) is 28.4 Å². The van der Waals surface area contributed by atoms with Gasteiger partial charge in [0.25, 0.3) is 0 Å². The van der Waals surface area contributed by atoms with Crippen LogP contribution in [0.4, 0.5) is 5.69 Å². The third-order valence-corrected chi connectivity index (χ3v) is 3.35. The number of hydrogen-bond donors (Lipinski definition) is 2. The Morgan fingerprint density at radius 2 is 1.59 bits per heavy atom. The van der Waals surface area contributed by atoms with E-state index in [1.165, 1.54) is 12.5 Å². The second-order valence-corrected chi connectivity index (χ2v) is 5.25. The number of rotatable bonds is 6. The van der Waals surface area contributed by atoms with Gasteiger partial charge in [-0.05, 0) is 43.7 Å². The Bertz CT molecular complexity index is 646. The molecule has 2 aromatic carbocycles. The summed E-state index contributed by atoms with van der Waals surface area (Å²) >= 11 is 0. The van der Waals surface area contributed by atoms with Crippen LogP contribution in [0, 0.1) is 6.92 Å². The summed E-state index contributed by atoms with van der Waals surface area (Å²) in [5, 5.41) is 5.90. The molecule has 0 aliphatic heterocycles. The fraction of sp³-hybridized carbons (Fsp3) is 0.222. The summed E-state index contributed by atoms with van der Waals surface area (Å²) in [4.78, 5) is 23.0. The van der Waals surface area contributed by atoms with Gasteiger partial charge in [0.1, 0.15) is 0 Å². The van der Waals surface area contributed by atoms with Crippen LogP contribution in [0.25, 0.3) is 0 Å². The maximum atomic E-state index is 11.8. The number of carbonyl (C=O) groups excluding carboxylic acids is 2. The Labute approximate surface area is 130 Å². The van der Waals surface area contributed by atoms with Gasteiger partial charge in [0, 0.05) is 17.8 Å². The Morgan fingerprint density at radius 3 is 2.18 bits per heavy atom. The van der Waals surface area contributed by atoms with Crippen molar-refractivity contribution in [3.63, 3.8) is 0 Å². The number of ketones is 1. The average molecular weight is 296 g/mol. The van der Waals surface area contributed by atoms with Gasteiger partial charge in [-0.25, -0.2) is 0 Å². The lowest BCUT2D eigenvalue weighted by Gasteiger charge is -2.08. The van der Waals surface area contributed by atoms with Crippen LogP contribution < -0.4 is 10.6 Å². The van der Waals surface area contributed by atoms with E-state index in [9.17, 15) is 9.59 Å². The number of nitrogens with one attached hydrogen (secondary N) is 2. The molecule has 0 bridgehead atoms. The number of hydrogen-bond acceptors (Lipinski definition) is 3. The summed E-state index contributed by atoms with van der Waals surface area (Å²) in [6, 6.07) is 15.1. The zero-order valence-electron chi connectivity index (χ0n) is 12.8. The van der Waals surface area contributed by atoms with E-state index in [0.717, 1.165) is 11.3 Å². The predicted molar refractivity (Wildman–Crippen MR) is 88.0 cm³/mol. The summed E-state index contributed by atoms with van der Waals surface area (Å²) < 4.78 is 0. The fourth-order valence-corrected chi connectivity index (χ4v) is 1.97. The molecule has 0 spiro atoms. The summed E-state index contributed by atoms with van der Waals surface area (Å²) in [5.74, 6) is -0.0430. The van der Waals surface area contributed by atoms with E-state index in [-0.39, 0.29) is 18.2 Å². The first-order valence-corrected chi connectivity index (χ1v) is 7.22. The minimum Gasteiger partial charge on any atom is -0.376 e. The molecule has 0 fully saturated rings. The highest BCUT2D eigenvalue weighted by molar-refractivity contribution is 5.94. The van der Waals surface area contributed by atoms with Crippen molar-refractivity contribution in [1.29, 1.82) is 0 Å². The molecule has 114 valence electrons. The first-order chi connectivity index (χ1) is 10.5. The number of amides is 1. The SMILES string of the molecule is CC(=O)c1ccc(NCC(=O)NCc2ccc(C)cc2)cc1. The molecule has 0 heterocycles. The molecule has 0 aliphatic carbocycles. The molecular weight excluding hydrogens is 276 g/mol. The molecule has 0 unspecified atom stereocenters. The molecule has 4 heteroatoms. The standard InChI is InChI=1S/C18H20N2O2/c1-13-3-5-15(6-4-13)11-20-18(22)12-19-17-9-7-16(8-10-17)14(2)21/h3-10,19H,11-12H2,1-2H3,(H,20,22). The van der Waals surface area contributed by atoms with Crippen LogP contribution in [-0.4, -0.2) is 18.2 Å². The number of benzene rings is 2. The Morgan fingerprint density at radius 1 is 0.955 bits per heavy atom. The number of aryl methyl sites for hydroxylation is 1. The van der Waals surface area contributed by atoms with E-state index in [0.29, 0.717) is 12.1 Å². The van der Waals surface area contributed by atoms with Gasteiger partial charge in [-0.1, -0.05) is 29.8 Å². The van der Waals surface area contributed by atoms with Crippen LogP contribution in [0.15, 0.2) is 48.5 Å². The molecule has 4 nitrogen and oxygen atoms in total. The smallest absolute Gasteiger partial charge is 0.239 e. The van der Waals surface area contributed by atoms with Crippen molar-refractivity contribution in [2.75, 3.05) is 11.9 Å². The van der Waals surface area contributed by atoms with Crippen molar-refractivity contribution < 1.29 is 9.59 Å². The topological polar surface area (TPSA) is 58.2 Å². The van der Waals surface area contributed by atoms with Gasteiger partial charge in [-0.3, -0.25) is 9.59 Å². The molecule has 0 aromatic heterocycles. The fourth-order valence-electron chi connectivity index (χ4n) is 1.97. The highest BCUT2D eigenvalue weighted by Crippen LogP contribution is 2.09. The number of Topliss-reactive ketones (excluding diaryl/α,β-unsaturated/α-hetero) is 1. The molecule has 0 saturated heterocycles.